The Morgan fingerprint density at radius 3 is 2.44 bits per heavy atom. The number of urea groups is 1. The average Bonchev–Trinajstić information content (AvgIpc) is 2.77. The van der Waals surface area contributed by atoms with Crippen LogP contribution in [-0.4, -0.2) is 37.2 Å². The van der Waals surface area contributed by atoms with Crippen molar-refractivity contribution in [3.8, 4) is 5.75 Å². The standard InChI is InChI=1S/C23H23FN2O6/c1-3-30-22(28)20-14(2)25-23(29)26-18(20)13-32-21(27)17-6-4-5-7-19(17)31-12-15-8-10-16(24)11-9-15/h4-11,14H,3,12-13H2,1-2H3,(H2,25,26,29)/t14-/m1/s1. The van der Waals surface area contributed by atoms with Gasteiger partial charge in [0, 0.05) is 0 Å². The van der Waals surface area contributed by atoms with Gasteiger partial charge in [-0.25, -0.2) is 18.8 Å². The van der Waals surface area contributed by atoms with Crippen molar-refractivity contribution in [1.29, 1.82) is 0 Å². The van der Waals surface area contributed by atoms with Gasteiger partial charge in [0.05, 0.1) is 23.9 Å². The molecule has 1 atom stereocenters. The molecule has 0 spiro atoms. The molecule has 0 bridgehead atoms. The summed E-state index contributed by atoms with van der Waals surface area (Å²) in [7, 11) is 0. The molecule has 0 aromatic heterocycles. The van der Waals surface area contributed by atoms with Crippen molar-refractivity contribution in [2.75, 3.05) is 13.2 Å². The van der Waals surface area contributed by atoms with Crippen molar-refractivity contribution < 1.29 is 33.0 Å². The molecule has 0 saturated carbocycles. The summed E-state index contributed by atoms with van der Waals surface area (Å²) in [6, 6.07) is 11.2. The first kappa shape index (κ1) is 22.8. The minimum atomic E-state index is -0.698. The quantitative estimate of drug-likeness (QED) is 0.609. The lowest BCUT2D eigenvalue weighted by molar-refractivity contribution is -0.139. The molecule has 0 unspecified atom stereocenters. The number of carbonyl (C=O) groups is 3. The van der Waals surface area contributed by atoms with Gasteiger partial charge in [-0.1, -0.05) is 24.3 Å². The summed E-state index contributed by atoms with van der Waals surface area (Å²) in [6.07, 6.45) is 0. The van der Waals surface area contributed by atoms with Crippen LogP contribution < -0.4 is 15.4 Å². The monoisotopic (exact) mass is 442 g/mol. The highest BCUT2D eigenvalue weighted by Crippen LogP contribution is 2.22. The van der Waals surface area contributed by atoms with E-state index in [1.165, 1.54) is 18.2 Å². The maximum absolute atomic E-state index is 13.1. The van der Waals surface area contributed by atoms with Gasteiger partial charge < -0.3 is 24.8 Å². The summed E-state index contributed by atoms with van der Waals surface area (Å²) in [4.78, 5) is 36.8. The number of hydrogen-bond acceptors (Lipinski definition) is 6. The van der Waals surface area contributed by atoms with Crippen LogP contribution in [0.5, 0.6) is 5.75 Å². The van der Waals surface area contributed by atoms with E-state index < -0.39 is 24.0 Å². The predicted octanol–water partition coefficient (Wildman–Crippen LogP) is 3.08. The summed E-state index contributed by atoms with van der Waals surface area (Å²) in [5, 5.41) is 5.07. The number of amides is 2. The predicted molar refractivity (Wildman–Crippen MR) is 112 cm³/mol. The van der Waals surface area contributed by atoms with Gasteiger partial charge in [-0.05, 0) is 43.7 Å². The average molecular weight is 442 g/mol. The van der Waals surface area contributed by atoms with Crippen LogP contribution in [0.15, 0.2) is 59.8 Å². The summed E-state index contributed by atoms with van der Waals surface area (Å²) in [6.45, 7) is 3.25. The molecule has 2 aromatic carbocycles. The zero-order valence-corrected chi connectivity index (χ0v) is 17.6. The lowest BCUT2D eigenvalue weighted by Crippen LogP contribution is -2.50. The highest BCUT2D eigenvalue weighted by atomic mass is 19.1. The second kappa shape index (κ2) is 10.4. The Morgan fingerprint density at radius 1 is 1.00 bits per heavy atom. The van der Waals surface area contributed by atoms with Crippen molar-refractivity contribution in [3.63, 3.8) is 0 Å². The normalized spacial score (nSPS) is 15.5. The number of ether oxygens (including phenoxy) is 3. The zero-order valence-electron chi connectivity index (χ0n) is 17.6. The van der Waals surface area contributed by atoms with E-state index in [0.29, 0.717) is 0 Å². The molecule has 2 amide bonds. The molecule has 2 aromatic rings. The van der Waals surface area contributed by atoms with Gasteiger partial charge in [-0.2, -0.15) is 0 Å². The third kappa shape index (κ3) is 5.63. The van der Waals surface area contributed by atoms with Crippen LogP contribution in [0, 0.1) is 5.82 Å². The largest absolute Gasteiger partial charge is 0.488 e. The molecular formula is C23H23FN2O6. The minimum absolute atomic E-state index is 0.127. The van der Waals surface area contributed by atoms with Crippen LogP contribution in [0.1, 0.15) is 29.8 Å². The number of esters is 2. The molecule has 1 aliphatic heterocycles. The first-order chi connectivity index (χ1) is 15.4. The van der Waals surface area contributed by atoms with Crippen molar-refractivity contribution >= 4 is 18.0 Å². The summed E-state index contributed by atoms with van der Waals surface area (Å²) >= 11 is 0. The van der Waals surface area contributed by atoms with E-state index in [0.717, 1.165) is 5.56 Å². The van der Waals surface area contributed by atoms with Gasteiger partial charge >= 0.3 is 18.0 Å². The fourth-order valence-corrected chi connectivity index (χ4v) is 3.11. The van der Waals surface area contributed by atoms with Crippen LogP contribution in [0.25, 0.3) is 0 Å². The minimum Gasteiger partial charge on any atom is -0.488 e. The number of hydrogen-bond donors (Lipinski definition) is 2. The fraction of sp³-hybridized carbons (Fsp3) is 0.261. The Labute approximate surface area is 184 Å². The van der Waals surface area contributed by atoms with E-state index in [-0.39, 0.29) is 48.2 Å². The summed E-state index contributed by atoms with van der Waals surface area (Å²) in [5.41, 5.74) is 1.23. The molecule has 8 nitrogen and oxygen atoms in total. The number of para-hydroxylation sites is 1. The molecule has 32 heavy (non-hydrogen) atoms. The second-order valence-electron chi connectivity index (χ2n) is 6.92. The Balaban J connectivity index is 1.72. The van der Waals surface area contributed by atoms with Crippen LogP contribution in [0.4, 0.5) is 9.18 Å². The first-order valence-electron chi connectivity index (χ1n) is 10.00. The van der Waals surface area contributed by atoms with Crippen molar-refractivity contribution in [3.05, 3.63) is 76.7 Å². The van der Waals surface area contributed by atoms with Gasteiger partial charge in [0.15, 0.2) is 0 Å². The number of benzene rings is 2. The van der Waals surface area contributed by atoms with Gasteiger partial charge in [0.2, 0.25) is 0 Å². The first-order valence-corrected chi connectivity index (χ1v) is 10.00. The molecule has 2 N–H and O–H groups in total. The second-order valence-corrected chi connectivity index (χ2v) is 6.92. The summed E-state index contributed by atoms with van der Waals surface area (Å²) in [5.74, 6) is -1.38. The van der Waals surface area contributed by atoms with E-state index in [1.54, 1.807) is 44.2 Å². The fourth-order valence-electron chi connectivity index (χ4n) is 3.11. The van der Waals surface area contributed by atoms with E-state index in [9.17, 15) is 18.8 Å². The van der Waals surface area contributed by atoms with E-state index in [2.05, 4.69) is 10.6 Å². The molecule has 168 valence electrons. The van der Waals surface area contributed by atoms with Gasteiger partial charge in [0.1, 0.15) is 30.3 Å². The van der Waals surface area contributed by atoms with Crippen molar-refractivity contribution in [2.45, 2.75) is 26.5 Å². The third-order valence-corrected chi connectivity index (χ3v) is 4.63. The van der Waals surface area contributed by atoms with Gasteiger partial charge in [0.25, 0.3) is 0 Å². The van der Waals surface area contributed by atoms with Gasteiger partial charge in [-0.15, -0.1) is 0 Å². The third-order valence-electron chi connectivity index (χ3n) is 4.63. The highest BCUT2D eigenvalue weighted by molar-refractivity contribution is 5.95. The molecule has 3 rings (SSSR count). The van der Waals surface area contributed by atoms with E-state index in [4.69, 9.17) is 14.2 Å². The van der Waals surface area contributed by atoms with Crippen molar-refractivity contribution in [1.82, 2.24) is 10.6 Å². The molecular weight excluding hydrogens is 419 g/mol. The Morgan fingerprint density at radius 2 is 1.72 bits per heavy atom. The Kier molecular flexibility index (Phi) is 7.43. The smallest absolute Gasteiger partial charge is 0.342 e. The Hall–Kier alpha value is -3.88. The van der Waals surface area contributed by atoms with Crippen LogP contribution >= 0.6 is 0 Å². The lowest BCUT2D eigenvalue weighted by Gasteiger charge is -2.26. The molecule has 0 fully saturated rings. The van der Waals surface area contributed by atoms with Crippen molar-refractivity contribution in [2.24, 2.45) is 0 Å². The highest BCUT2D eigenvalue weighted by Gasteiger charge is 2.30. The maximum atomic E-state index is 13.1. The Bertz CT molecular complexity index is 1040. The number of halogens is 1. The molecule has 0 radical (unpaired) electrons. The van der Waals surface area contributed by atoms with Gasteiger partial charge in [-0.3, -0.25) is 0 Å². The van der Waals surface area contributed by atoms with E-state index in [1.807, 2.05) is 0 Å². The number of rotatable bonds is 8. The maximum Gasteiger partial charge on any atom is 0.342 e. The molecule has 1 aliphatic rings. The summed E-state index contributed by atoms with van der Waals surface area (Å²) < 4.78 is 29.2. The lowest BCUT2D eigenvalue weighted by atomic mass is 10.0. The topological polar surface area (TPSA) is 103 Å². The molecule has 1 heterocycles. The molecule has 9 heteroatoms. The number of carbonyl (C=O) groups excluding carboxylic acids is 3. The zero-order chi connectivity index (χ0) is 23.1. The van der Waals surface area contributed by atoms with Crippen LogP contribution in [-0.2, 0) is 20.9 Å². The van der Waals surface area contributed by atoms with Crippen LogP contribution in [0.3, 0.4) is 0 Å². The molecule has 0 aliphatic carbocycles. The SMILES string of the molecule is CCOC(=O)C1=C(COC(=O)c2ccccc2OCc2ccc(F)cc2)NC(=O)N[C@@H]1C. The number of nitrogens with one attached hydrogen (secondary N) is 2. The molecule has 0 saturated heterocycles. The van der Waals surface area contributed by atoms with Crippen LogP contribution in [0.2, 0.25) is 0 Å². The van der Waals surface area contributed by atoms with E-state index >= 15 is 0 Å².